The highest BCUT2D eigenvalue weighted by Crippen LogP contribution is 2.27. The van der Waals surface area contributed by atoms with Gasteiger partial charge < -0.3 is 0 Å². The highest BCUT2D eigenvalue weighted by atomic mass is 16.2. The molecule has 4 rings (SSSR count). The predicted octanol–water partition coefficient (Wildman–Crippen LogP) is 5.11. The van der Waals surface area contributed by atoms with E-state index in [4.69, 9.17) is 0 Å². The zero-order chi connectivity index (χ0) is 25.3. The van der Waals surface area contributed by atoms with Crippen molar-refractivity contribution < 1.29 is 0 Å². The Hall–Kier alpha value is -3.02. The number of benzene rings is 2. The number of unbranched alkanes of at least 4 members (excludes halogenated alkanes) is 2. The SMILES string of the molecule is CCCCC(C)Cn1c(=O)c2ccc3c(ccc4c(=O)n(CC(CC)CCCC)c(=O)c43)c2c1=O. The highest BCUT2D eigenvalue weighted by Gasteiger charge is 2.22. The number of hydrogen-bond acceptors (Lipinski definition) is 4. The summed E-state index contributed by atoms with van der Waals surface area (Å²) in [6, 6.07) is 6.75. The molecule has 0 spiro atoms. The van der Waals surface area contributed by atoms with Crippen LogP contribution in [0.1, 0.15) is 72.6 Å². The molecule has 0 amide bonds. The summed E-state index contributed by atoms with van der Waals surface area (Å²) in [6.07, 6.45) is 7.13. The van der Waals surface area contributed by atoms with Gasteiger partial charge in [-0.05, 0) is 47.6 Å². The first-order chi connectivity index (χ1) is 16.8. The van der Waals surface area contributed by atoms with Gasteiger partial charge in [-0.1, -0.05) is 71.9 Å². The van der Waals surface area contributed by atoms with Gasteiger partial charge in [0.05, 0.1) is 21.5 Å². The second-order valence-electron chi connectivity index (χ2n) is 10.2. The van der Waals surface area contributed by atoms with E-state index >= 15 is 0 Å². The summed E-state index contributed by atoms with van der Waals surface area (Å²) in [6.45, 7) is 9.22. The van der Waals surface area contributed by atoms with Crippen LogP contribution < -0.4 is 22.2 Å². The third kappa shape index (κ3) is 4.39. The lowest BCUT2D eigenvalue weighted by atomic mass is 9.99. The molecule has 0 fully saturated rings. The first kappa shape index (κ1) is 25.1. The van der Waals surface area contributed by atoms with E-state index in [0.29, 0.717) is 45.4 Å². The molecule has 2 aromatic carbocycles. The first-order valence-electron chi connectivity index (χ1n) is 13.2. The number of nitrogens with zero attached hydrogens (tertiary/aromatic N) is 2. The molecular formula is C29H36N2O4. The van der Waals surface area contributed by atoms with E-state index in [1.807, 2.05) is 0 Å². The molecule has 2 atom stereocenters. The van der Waals surface area contributed by atoms with Crippen molar-refractivity contribution in [3.05, 3.63) is 65.7 Å². The Balaban J connectivity index is 1.88. The van der Waals surface area contributed by atoms with Gasteiger partial charge in [0.15, 0.2) is 0 Å². The van der Waals surface area contributed by atoms with Gasteiger partial charge in [-0.3, -0.25) is 28.3 Å². The van der Waals surface area contributed by atoms with E-state index in [-0.39, 0.29) is 34.1 Å². The lowest BCUT2D eigenvalue weighted by Crippen LogP contribution is -2.29. The van der Waals surface area contributed by atoms with E-state index in [1.165, 1.54) is 9.13 Å². The van der Waals surface area contributed by atoms with Gasteiger partial charge in [0.2, 0.25) is 0 Å². The molecule has 2 aromatic heterocycles. The second-order valence-corrected chi connectivity index (χ2v) is 10.2. The molecule has 186 valence electrons. The van der Waals surface area contributed by atoms with Crippen molar-refractivity contribution in [1.82, 2.24) is 9.13 Å². The van der Waals surface area contributed by atoms with Crippen LogP contribution >= 0.6 is 0 Å². The third-order valence-corrected chi connectivity index (χ3v) is 7.60. The standard InChI is InChI=1S/C29H36N2O4/c1-5-8-10-18(4)16-30-26(32)22-14-12-21-20(24(22)28(30)34)13-15-23-25(21)29(35)31(27(23)33)17-19(7-3)11-9-6-2/h12-15,18-19H,5-11,16-17H2,1-4H3. The van der Waals surface area contributed by atoms with Crippen LogP contribution in [0.25, 0.3) is 32.3 Å². The number of fused-ring (bicyclic) bond motifs is 5. The van der Waals surface area contributed by atoms with E-state index in [9.17, 15) is 19.2 Å². The molecule has 4 aromatic rings. The fourth-order valence-electron chi connectivity index (χ4n) is 5.43. The Kier molecular flexibility index (Phi) is 7.39. The van der Waals surface area contributed by atoms with Crippen molar-refractivity contribution in [2.45, 2.75) is 85.7 Å². The van der Waals surface area contributed by atoms with Gasteiger partial charge in [0.1, 0.15) is 0 Å². The minimum Gasteiger partial charge on any atom is -0.274 e. The summed E-state index contributed by atoms with van der Waals surface area (Å²) >= 11 is 0. The summed E-state index contributed by atoms with van der Waals surface area (Å²) < 4.78 is 2.71. The van der Waals surface area contributed by atoms with Crippen LogP contribution in [-0.4, -0.2) is 9.13 Å². The maximum atomic E-state index is 13.4. The van der Waals surface area contributed by atoms with Gasteiger partial charge in [-0.15, -0.1) is 0 Å². The Morgan fingerprint density at radius 3 is 1.57 bits per heavy atom. The highest BCUT2D eigenvalue weighted by molar-refractivity contribution is 6.17. The van der Waals surface area contributed by atoms with Crippen molar-refractivity contribution in [2.24, 2.45) is 11.8 Å². The largest absolute Gasteiger partial charge is 0.274 e. The molecule has 35 heavy (non-hydrogen) atoms. The summed E-state index contributed by atoms with van der Waals surface area (Å²) in [5.74, 6) is 0.495. The lowest BCUT2D eigenvalue weighted by molar-refractivity contribution is 0.384. The number of hydrogen-bond donors (Lipinski definition) is 0. The van der Waals surface area contributed by atoms with Gasteiger partial charge in [0, 0.05) is 13.1 Å². The minimum absolute atomic E-state index is 0.222. The summed E-state index contributed by atoms with van der Waals surface area (Å²) in [5, 5.41) is 2.62. The maximum absolute atomic E-state index is 13.4. The Bertz CT molecular complexity index is 1570. The third-order valence-electron chi connectivity index (χ3n) is 7.60. The normalized spacial score (nSPS) is 13.8. The molecule has 0 N–H and O–H groups in total. The molecule has 0 radical (unpaired) electrons. The van der Waals surface area contributed by atoms with Crippen LogP contribution in [-0.2, 0) is 13.1 Å². The van der Waals surface area contributed by atoms with E-state index in [1.54, 1.807) is 24.3 Å². The van der Waals surface area contributed by atoms with E-state index in [2.05, 4.69) is 27.7 Å². The van der Waals surface area contributed by atoms with Crippen molar-refractivity contribution in [3.63, 3.8) is 0 Å². The quantitative estimate of drug-likeness (QED) is 0.301. The van der Waals surface area contributed by atoms with Crippen molar-refractivity contribution in [2.75, 3.05) is 0 Å². The minimum atomic E-state index is -0.307. The van der Waals surface area contributed by atoms with Gasteiger partial charge in [-0.25, -0.2) is 0 Å². The molecule has 2 unspecified atom stereocenters. The van der Waals surface area contributed by atoms with Crippen molar-refractivity contribution >= 4 is 32.3 Å². The predicted molar refractivity (Wildman–Crippen MR) is 144 cm³/mol. The first-order valence-corrected chi connectivity index (χ1v) is 13.2. The van der Waals surface area contributed by atoms with Crippen LogP contribution in [0.2, 0.25) is 0 Å². The average molecular weight is 477 g/mol. The van der Waals surface area contributed by atoms with Crippen LogP contribution in [0.15, 0.2) is 43.4 Å². The Morgan fingerprint density at radius 1 is 0.629 bits per heavy atom. The van der Waals surface area contributed by atoms with Gasteiger partial charge >= 0.3 is 0 Å². The lowest BCUT2D eigenvalue weighted by Gasteiger charge is -2.13. The van der Waals surface area contributed by atoms with Crippen molar-refractivity contribution in [1.29, 1.82) is 0 Å². The summed E-state index contributed by atoms with van der Waals surface area (Å²) in [4.78, 5) is 53.1. The molecule has 0 aliphatic carbocycles. The smallest absolute Gasteiger partial charge is 0.262 e. The van der Waals surface area contributed by atoms with Gasteiger partial charge in [0.25, 0.3) is 22.2 Å². The van der Waals surface area contributed by atoms with Crippen LogP contribution in [0.5, 0.6) is 0 Å². The van der Waals surface area contributed by atoms with Crippen LogP contribution in [0.4, 0.5) is 0 Å². The number of aromatic nitrogens is 2. The molecule has 0 aliphatic rings. The second kappa shape index (κ2) is 10.3. The number of rotatable bonds is 11. The Labute approximate surface area is 204 Å². The molecule has 0 bridgehead atoms. The fraction of sp³-hybridized carbons (Fsp3) is 0.517. The van der Waals surface area contributed by atoms with Crippen molar-refractivity contribution in [3.8, 4) is 0 Å². The van der Waals surface area contributed by atoms with Crippen LogP contribution in [0, 0.1) is 11.8 Å². The zero-order valence-electron chi connectivity index (χ0n) is 21.4. The molecular weight excluding hydrogens is 440 g/mol. The molecule has 6 heteroatoms. The molecule has 0 aliphatic heterocycles. The van der Waals surface area contributed by atoms with Crippen LogP contribution in [0.3, 0.4) is 0 Å². The molecule has 6 nitrogen and oxygen atoms in total. The molecule has 0 saturated carbocycles. The topological polar surface area (TPSA) is 78.1 Å². The van der Waals surface area contributed by atoms with Gasteiger partial charge in [-0.2, -0.15) is 0 Å². The summed E-state index contributed by atoms with van der Waals surface area (Å²) in [5.41, 5.74) is -1.15. The molecule has 0 saturated heterocycles. The fourth-order valence-corrected chi connectivity index (χ4v) is 5.43. The average Bonchev–Trinajstić information content (AvgIpc) is 3.25. The monoisotopic (exact) mass is 476 g/mol. The van der Waals surface area contributed by atoms with E-state index in [0.717, 1.165) is 44.9 Å². The maximum Gasteiger partial charge on any atom is 0.262 e. The summed E-state index contributed by atoms with van der Waals surface area (Å²) in [7, 11) is 0. The molecule has 2 heterocycles. The van der Waals surface area contributed by atoms with E-state index < -0.39 is 0 Å². The zero-order valence-corrected chi connectivity index (χ0v) is 21.4. The Morgan fingerprint density at radius 2 is 1.09 bits per heavy atom.